The van der Waals surface area contributed by atoms with Crippen molar-refractivity contribution in [1.29, 1.82) is 0 Å². The minimum atomic E-state index is 0.500. The summed E-state index contributed by atoms with van der Waals surface area (Å²) >= 11 is 0. The van der Waals surface area contributed by atoms with E-state index in [1.165, 1.54) is 0 Å². The predicted molar refractivity (Wildman–Crippen MR) is 55.0 cm³/mol. The summed E-state index contributed by atoms with van der Waals surface area (Å²) in [4.78, 5) is 10.5. The lowest BCUT2D eigenvalue weighted by Gasteiger charge is -2.29. The van der Waals surface area contributed by atoms with Gasteiger partial charge in [-0.1, -0.05) is 0 Å². The Morgan fingerprint density at radius 3 is 2.93 bits per heavy atom. The maximum atomic E-state index is 5.64. The van der Waals surface area contributed by atoms with Gasteiger partial charge in [0.25, 0.3) is 0 Å². The average molecular weight is 193 g/mol. The third kappa shape index (κ3) is 1.83. The minimum Gasteiger partial charge on any atom is -0.354 e. The fraction of sp³-hybridized carbons (Fsp3) is 0.556. The van der Waals surface area contributed by atoms with Gasteiger partial charge in [0.2, 0.25) is 0 Å². The van der Waals surface area contributed by atoms with E-state index in [0.29, 0.717) is 6.54 Å². The Bertz CT molecular complexity index is 295. The van der Waals surface area contributed by atoms with Crippen LogP contribution in [0, 0.1) is 0 Å². The van der Waals surface area contributed by atoms with E-state index in [0.717, 1.165) is 37.6 Å². The van der Waals surface area contributed by atoms with E-state index in [1.807, 2.05) is 0 Å². The summed E-state index contributed by atoms with van der Waals surface area (Å²) < 4.78 is 0. The average Bonchev–Trinajstić information content (AvgIpc) is 2.30. The molecule has 2 heterocycles. The summed E-state index contributed by atoms with van der Waals surface area (Å²) in [5, 5.41) is 3.31. The zero-order valence-electron chi connectivity index (χ0n) is 8.11. The number of nitrogens with one attached hydrogen (secondary N) is 1. The lowest BCUT2D eigenvalue weighted by molar-refractivity contribution is 0.582. The van der Waals surface area contributed by atoms with Gasteiger partial charge in [-0.25, -0.2) is 9.97 Å². The van der Waals surface area contributed by atoms with Crippen LogP contribution in [0.4, 0.5) is 5.82 Å². The molecule has 1 aliphatic heterocycles. The number of nitrogens with zero attached hydrogens (tertiary/aromatic N) is 3. The second-order valence-electron chi connectivity index (χ2n) is 3.31. The Labute approximate surface area is 83.3 Å². The molecule has 0 radical (unpaired) electrons. The van der Waals surface area contributed by atoms with Crippen LogP contribution in [0.25, 0.3) is 0 Å². The monoisotopic (exact) mass is 193 g/mol. The zero-order chi connectivity index (χ0) is 9.80. The molecule has 0 atom stereocenters. The lowest BCUT2D eigenvalue weighted by Crippen LogP contribution is -2.44. The summed E-state index contributed by atoms with van der Waals surface area (Å²) in [7, 11) is 0. The molecule has 1 aromatic heterocycles. The van der Waals surface area contributed by atoms with Crippen molar-refractivity contribution >= 4 is 5.82 Å². The topological polar surface area (TPSA) is 67.1 Å². The number of anilines is 1. The van der Waals surface area contributed by atoms with Gasteiger partial charge in [0.05, 0.1) is 0 Å². The molecule has 5 nitrogen and oxygen atoms in total. The van der Waals surface area contributed by atoms with E-state index >= 15 is 0 Å². The molecule has 3 N–H and O–H groups in total. The SMILES string of the molecule is NCc1cncnc1N1CCNCC1. The molecule has 0 bridgehead atoms. The fourth-order valence-electron chi connectivity index (χ4n) is 1.66. The third-order valence-corrected chi connectivity index (χ3v) is 2.40. The van der Waals surface area contributed by atoms with Crippen LogP contribution in [0.1, 0.15) is 5.56 Å². The lowest BCUT2D eigenvalue weighted by atomic mass is 10.2. The summed E-state index contributed by atoms with van der Waals surface area (Å²) in [5.41, 5.74) is 6.66. The molecule has 1 aromatic rings. The largest absolute Gasteiger partial charge is 0.354 e. The molecular weight excluding hydrogens is 178 g/mol. The Hall–Kier alpha value is -1.20. The summed E-state index contributed by atoms with van der Waals surface area (Å²) in [6.45, 7) is 4.50. The Morgan fingerprint density at radius 2 is 2.21 bits per heavy atom. The molecule has 14 heavy (non-hydrogen) atoms. The van der Waals surface area contributed by atoms with Crippen LogP contribution in [-0.2, 0) is 6.54 Å². The molecule has 2 rings (SSSR count). The number of aromatic nitrogens is 2. The van der Waals surface area contributed by atoms with Crippen molar-refractivity contribution in [2.24, 2.45) is 5.73 Å². The molecule has 0 saturated carbocycles. The molecule has 0 aliphatic carbocycles. The minimum absolute atomic E-state index is 0.500. The van der Waals surface area contributed by atoms with Gasteiger partial charge in [0.1, 0.15) is 12.1 Å². The Balaban J connectivity index is 2.20. The van der Waals surface area contributed by atoms with Gasteiger partial charge < -0.3 is 16.0 Å². The molecule has 1 saturated heterocycles. The molecule has 1 aliphatic rings. The number of nitrogens with two attached hydrogens (primary N) is 1. The van der Waals surface area contributed by atoms with Gasteiger partial charge in [-0.3, -0.25) is 0 Å². The van der Waals surface area contributed by atoms with Crippen LogP contribution in [0.2, 0.25) is 0 Å². The molecular formula is C9H15N5. The van der Waals surface area contributed by atoms with Crippen LogP contribution >= 0.6 is 0 Å². The summed E-state index contributed by atoms with van der Waals surface area (Å²) in [6.07, 6.45) is 3.38. The predicted octanol–water partition coefficient (Wildman–Crippen LogP) is -0.655. The van der Waals surface area contributed by atoms with E-state index in [2.05, 4.69) is 20.2 Å². The van der Waals surface area contributed by atoms with E-state index in [4.69, 9.17) is 5.73 Å². The quantitative estimate of drug-likeness (QED) is 0.653. The van der Waals surface area contributed by atoms with Crippen LogP contribution in [0.5, 0.6) is 0 Å². The van der Waals surface area contributed by atoms with Crippen molar-refractivity contribution in [2.45, 2.75) is 6.54 Å². The standard InChI is InChI=1S/C9H15N5/c10-5-8-6-12-7-13-9(8)14-3-1-11-2-4-14/h6-7,11H,1-5,10H2. The van der Waals surface area contributed by atoms with Crippen LogP contribution < -0.4 is 16.0 Å². The summed E-state index contributed by atoms with van der Waals surface area (Å²) in [5.74, 6) is 0.990. The van der Waals surface area contributed by atoms with Crippen molar-refractivity contribution < 1.29 is 0 Å². The van der Waals surface area contributed by atoms with Crippen molar-refractivity contribution in [3.8, 4) is 0 Å². The first-order valence-corrected chi connectivity index (χ1v) is 4.86. The van der Waals surface area contributed by atoms with E-state index in [9.17, 15) is 0 Å². The zero-order valence-corrected chi connectivity index (χ0v) is 8.11. The highest BCUT2D eigenvalue weighted by molar-refractivity contribution is 5.45. The normalized spacial score (nSPS) is 17.1. The van der Waals surface area contributed by atoms with Crippen molar-refractivity contribution in [2.75, 3.05) is 31.1 Å². The molecule has 0 amide bonds. The van der Waals surface area contributed by atoms with Gasteiger partial charge in [0.15, 0.2) is 0 Å². The van der Waals surface area contributed by atoms with Crippen molar-refractivity contribution in [3.05, 3.63) is 18.1 Å². The Morgan fingerprint density at radius 1 is 1.43 bits per heavy atom. The molecule has 76 valence electrons. The molecule has 5 heteroatoms. The smallest absolute Gasteiger partial charge is 0.136 e. The molecule has 0 unspecified atom stereocenters. The highest BCUT2D eigenvalue weighted by atomic mass is 15.2. The van der Waals surface area contributed by atoms with Crippen LogP contribution in [0.3, 0.4) is 0 Å². The first-order chi connectivity index (χ1) is 6.92. The number of hydrogen-bond donors (Lipinski definition) is 2. The molecule has 0 aromatic carbocycles. The fourth-order valence-corrected chi connectivity index (χ4v) is 1.66. The number of piperazine rings is 1. The maximum Gasteiger partial charge on any atom is 0.136 e. The van der Waals surface area contributed by atoms with Crippen LogP contribution in [0.15, 0.2) is 12.5 Å². The molecule has 0 spiro atoms. The Kier molecular flexibility index (Phi) is 2.90. The van der Waals surface area contributed by atoms with Gasteiger partial charge in [-0.2, -0.15) is 0 Å². The van der Waals surface area contributed by atoms with Gasteiger partial charge in [-0.05, 0) is 0 Å². The number of hydrogen-bond acceptors (Lipinski definition) is 5. The highest BCUT2D eigenvalue weighted by Gasteiger charge is 2.14. The van der Waals surface area contributed by atoms with Crippen LogP contribution in [-0.4, -0.2) is 36.1 Å². The van der Waals surface area contributed by atoms with E-state index in [-0.39, 0.29) is 0 Å². The first-order valence-electron chi connectivity index (χ1n) is 4.86. The van der Waals surface area contributed by atoms with Crippen molar-refractivity contribution in [1.82, 2.24) is 15.3 Å². The second kappa shape index (κ2) is 4.34. The number of rotatable bonds is 2. The second-order valence-corrected chi connectivity index (χ2v) is 3.31. The van der Waals surface area contributed by atoms with Gasteiger partial charge >= 0.3 is 0 Å². The van der Waals surface area contributed by atoms with Crippen molar-refractivity contribution in [3.63, 3.8) is 0 Å². The van der Waals surface area contributed by atoms with E-state index < -0.39 is 0 Å². The first kappa shape index (κ1) is 9.36. The maximum absolute atomic E-state index is 5.64. The highest BCUT2D eigenvalue weighted by Crippen LogP contribution is 2.15. The summed E-state index contributed by atoms with van der Waals surface area (Å²) in [6, 6.07) is 0. The third-order valence-electron chi connectivity index (χ3n) is 2.40. The van der Waals surface area contributed by atoms with E-state index in [1.54, 1.807) is 12.5 Å². The van der Waals surface area contributed by atoms with Gasteiger partial charge in [-0.15, -0.1) is 0 Å². The molecule has 1 fully saturated rings. The van der Waals surface area contributed by atoms with Gasteiger partial charge in [0, 0.05) is 44.5 Å².